The van der Waals surface area contributed by atoms with E-state index in [4.69, 9.17) is 0 Å². The zero-order valence-corrected chi connectivity index (χ0v) is 9.19. The second-order valence-electron chi connectivity index (χ2n) is 3.85. The SMILES string of the molecule is CCC(O)CNC1CCC(=O)N(C)C1=O. The molecule has 0 saturated carbocycles. The number of rotatable bonds is 4. The highest BCUT2D eigenvalue weighted by atomic mass is 16.3. The molecule has 2 N–H and O–H groups in total. The van der Waals surface area contributed by atoms with Gasteiger partial charge in [0.2, 0.25) is 11.8 Å². The lowest BCUT2D eigenvalue weighted by Crippen LogP contribution is -2.52. The molecule has 0 aromatic carbocycles. The number of nitrogens with one attached hydrogen (secondary N) is 1. The van der Waals surface area contributed by atoms with Crippen molar-refractivity contribution in [2.75, 3.05) is 13.6 Å². The molecule has 0 bridgehead atoms. The first kappa shape index (κ1) is 12.1. The van der Waals surface area contributed by atoms with Crippen LogP contribution in [0.4, 0.5) is 0 Å². The van der Waals surface area contributed by atoms with Crippen molar-refractivity contribution in [1.29, 1.82) is 0 Å². The van der Waals surface area contributed by atoms with Crippen molar-refractivity contribution in [1.82, 2.24) is 10.2 Å². The van der Waals surface area contributed by atoms with Gasteiger partial charge in [-0.2, -0.15) is 0 Å². The average molecular weight is 214 g/mol. The first-order valence-corrected chi connectivity index (χ1v) is 5.28. The molecule has 0 spiro atoms. The molecule has 5 heteroatoms. The normalized spacial score (nSPS) is 24.5. The van der Waals surface area contributed by atoms with Crippen molar-refractivity contribution in [2.45, 2.75) is 38.3 Å². The van der Waals surface area contributed by atoms with Crippen molar-refractivity contribution < 1.29 is 14.7 Å². The predicted octanol–water partition coefficient (Wildman–Crippen LogP) is -0.506. The lowest BCUT2D eigenvalue weighted by atomic mass is 10.0. The summed E-state index contributed by atoms with van der Waals surface area (Å²) in [6.07, 6.45) is 1.14. The number of nitrogens with zero attached hydrogens (tertiary/aromatic N) is 1. The number of likely N-dealkylation sites (tertiary alicyclic amines) is 1. The van der Waals surface area contributed by atoms with Crippen LogP contribution in [-0.4, -0.2) is 47.6 Å². The largest absolute Gasteiger partial charge is 0.392 e. The molecule has 2 amide bonds. The summed E-state index contributed by atoms with van der Waals surface area (Å²) in [5.41, 5.74) is 0. The Balaban J connectivity index is 2.43. The number of piperidine rings is 1. The number of carbonyl (C=O) groups is 2. The number of amides is 2. The summed E-state index contributed by atoms with van der Waals surface area (Å²) >= 11 is 0. The summed E-state index contributed by atoms with van der Waals surface area (Å²) in [5, 5.41) is 12.3. The summed E-state index contributed by atoms with van der Waals surface area (Å²) in [6.45, 7) is 2.28. The quantitative estimate of drug-likeness (QED) is 0.619. The van der Waals surface area contributed by atoms with E-state index in [9.17, 15) is 14.7 Å². The smallest absolute Gasteiger partial charge is 0.246 e. The molecule has 1 fully saturated rings. The maximum Gasteiger partial charge on any atom is 0.246 e. The van der Waals surface area contributed by atoms with Crippen molar-refractivity contribution in [2.24, 2.45) is 0 Å². The third kappa shape index (κ3) is 3.00. The summed E-state index contributed by atoms with van der Waals surface area (Å²) in [7, 11) is 1.49. The number of carbonyl (C=O) groups excluding carboxylic acids is 2. The lowest BCUT2D eigenvalue weighted by molar-refractivity contribution is -0.148. The number of likely N-dealkylation sites (N-methyl/N-ethyl adjacent to an activating group) is 1. The van der Waals surface area contributed by atoms with E-state index in [1.54, 1.807) is 0 Å². The third-order valence-corrected chi connectivity index (χ3v) is 2.72. The molecule has 15 heavy (non-hydrogen) atoms. The fourth-order valence-electron chi connectivity index (χ4n) is 1.53. The second kappa shape index (κ2) is 5.23. The number of aliphatic hydroxyl groups excluding tert-OH is 1. The van der Waals surface area contributed by atoms with Crippen LogP contribution in [0.5, 0.6) is 0 Å². The van der Waals surface area contributed by atoms with E-state index in [1.807, 2.05) is 6.92 Å². The van der Waals surface area contributed by atoms with Crippen molar-refractivity contribution in [3.05, 3.63) is 0 Å². The molecular weight excluding hydrogens is 196 g/mol. The van der Waals surface area contributed by atoms with Crippen LogP contribution in [0.25, 0.3) is 0 Å². The van der Waals surface area contributed by atoms with E-state index in [0.29, 0.717) is 25.8 Å². The summed E-state index contributed by atoms with van der Waals surface area (Å²) < 4.78 is 0. The number of imide groups is 1. The van der Waals surface area contributed by atoms with E-state index in [2.05, 4.69) is 5.32 Å². The molecule has 1 aliphatic rings. The molecule has 86 valence electrons. The van der Waals surface area contributed by atoms with Gasteiger partial charge in [-0.15, -0.1) is 0 Å². The second-order valence-corrected chi connectivity index (χ2v) is 3.85. The van der Waals surface area contributed by atoms with Gasteiger partial charge in [-0.05, 0) is 12.8 Å². The summed E-state index contributed by atoms with van der Waals surface area (Å²) in [5.74, 6) is -0.330. The van der Waals surface area contributed by atoms with Gasteiger partial charge in [-0.25, -0.2) is 0 Å². The van der Waals surface area contributed by atoms with Gasteiger partial charge in [0.05, 0.1) is 12.1 Å². The predicted molar refractivity (Wildman–Crippen MR) is 55.1 cm³/mol. The molecule has 1 rings (SSSR count). The van der Waals surface area contributed by atoms with Crippen LogP contribution in [0.15, 0.2) is 0 Å². The Labute approximate surface area is 89.4 Å². The maximum atomic E-state index is 11.6. The lowest BCUT2D eigenvalue weighted by Gasteiger charge is -2.28. The van der Waals surface area contributed by atoms with E-state index in [0.717, 1.165) is 4.90 Å². The minimum atomic E-state index is -0.430. The highest BCUT2D eigenvalue weighted by Crippen LogP contribution is 2.11. The molecule has 2 unspecified atom stereocenters. The zero-order valence-electron chi connectivity index (χ0n) is 9.19. The Morgan fingerprint density at radius 1 is 1.60 bits per heavy atom. The van der Waals surface area contributed by atoms with Crippen LogP contribution in [0.1, 0.15) is 26.2 Å². The van der Waals surface area contributed by atoms with Gasteiger partial charge >= 0.3 is 0 Å². The number of aliphatic hydroxyl groups is 1. The van der Waals surface area contributed by atoms with E-state index < -0.39 is 6.10 Å². The van der Waals surface area contributed by atoms with Crippen LogP contribution in [0, 0.1) is 0 Å². The minimum Gasteiger partial charge on any atom is -0.392 e. The third-order valence-electron chi connectivity index (χ3n) is 2.72. The van der Waals surface area contributed by atoms with Gasteiger partial charge in [0.25, 0.3) is 0 Å². The van der Waals surface area contributed by atoms with Crippen molar-refractivity contribution in [3.63, 3.8) is 0 Å². The Morgan fingerprint density at radius 3 is 2.87 bits per heavy atom. The minimum absolute atomic E-state index is 0.130. The van der Waals surface area contributed by atoms with Crippen LogP contribution in [0.2, 0.25) is 0 Å². The van der Waals surface area contributed by atoms with Gasteiger partial charge in [0.15, 0.2) is 0 Å². The number of hydrogen-bond acceptors (Lipinski definition) is 4. The Hall–Kier alpha value is -0.940. The fraction of sp³-hybridized carbons (Fsp3) is 0.800. The van der Waals surface area contributed by atoms with Gasteiger partial charge in [0, 0.05) is 20.0 Å². The van der Waals surface area contributed by atoms with Crippen molar-refractivity contribution >= 4 is 11.8 Å². The molecule has 0 aliphatic carbocycles. The summed E-state index contributed by atoms with van der Waals surface area (Å²) in [6, 6.07) is -0.325. The summed E-state index contributed by atoms with van der Waals surface area (Å²) in [4.78, 5) is 23.9. The van der Waals surface area contributed by atoms with Gasteiger partial charge in [-0.1, -0.05) is 6.92 Å². The van der Waals surface area contributed by atoms with E-state index in [1.165, 1.54) is 7.05 Å². The Bertz CT molecular complexity index is 255. The average Bonchev–Trinajstić information content (AvgIpc) is 2.24. The molecule has 1 heterocycles. The topological polar surface area (TPSA) is 69.6 Å². The van der Waals surface area contributed by atoms with Gasteiger partial charge in [0.1, 0.15) is 0 Å². The highest BCUT2D eigenvalue weighted by Gasteiger charge is 2.31. The highest BCUT2D eigenvalue weighted by molar-refractivity contribution is 6.00. The first-order valence-electron chi connectivity index (χ1n) is 5.28. The molecule has 0 radical (unpaired) electrons. The van der Waals surface area contributed by atoms with Gasteiger partial charge in [-0.3, -0.25) is 14.5 Å². The molecule has 0 aromatic rings. The molecule has 2 atom stereocenters. The Morgan fingerprint density at radius 2 is 2.27 bits per heavy atom. The molecule has 5 nitrogen and oxygen atoms in total. The van der Waals surface area contributed by atoms with Crippen molar-refractivity contribution in [3.8, 4) is 0 Å². The number of hydrogen-bond donors (Lipinski definition) is 2. The molecule has 1 saturated heterocycles. The van der Waals surface area contributed by atoms with Crippen LogP contribution < -0.4 is 5.32 Å². The van der Waals surface area contributed by atoms with Crippen LogP contribution in [0.3, 0.4) is 0 Å². The molecule has 0 aromatic heterocycles. The molecular formula is C10H18N2O3. The standard InChI is InChI=1S/C10H18N2O3/c1-3-7(13)6-11-8-4-5-9(14)12(2)10(8)15/h7-8,11,13H,3-6H2,1-2H3. The van der Waals surface area contributed by atoms with E-state index in [-0.39, 0.29) is 17.9 Å². The fourth-order valence-corrected chi connectivity index (χ4v) is 1.53. The van der Waals surface area contributed by atoms with E-state index >= 15 is 0 Å². The monoisotopic (exact) mass is 214 g/mol. The van der Waals surface area contributed by atoms with Gasteiger partial charge < -0.3 is 10.4 Å². The maximum absolute atomic E-state index is 11.6. The van der Waals surface area contributed by atoms with Crippen LogP contribution in [-0.2, 0) is 9.59 Å². The molecule has 1 aliphatic heterocycles. The first-order chi connectivity index (χ1) is 7.06. The van der Waals surface area contributed by atoms with Crippen LogP contribution >= 0.6 is 0 Å². The zero-order chi connectivity index (χ0) is 11.4. The Kier molecular flexibility index (Phi) is 4.23.